The first-order valence-electron chi connectivity index (χ1n) is 7.64. The molecule has 0 radical (unpaired) electrons. The normalized spacial score (nSPS) is 10.3. The minimum Gasteiger partial charge on any atom is -0.455 e. The largest absolute Gasteiger partial charge is 0.455 e. The lowest BCUT2D eigenvalue weighted by Gasteiger charge is -2.14. The van der Waals surface area contributed by atoms with Gasteiger partial charge in [0.15, 0.2) is 5.75 Å². The van der Waals surface area contributed by atoms with Gasteiger partial charge in [0, 0.05) is 9.92 Å². The zero-order valence-electron chi connectivity index (χ0n) is 13.5. The van der Waals surface area contributed by atoms with E-state index in [-0.39, 0.29) is 5.91 Å². The molecule has 3 rings (SSSR count). The number of carbonyl (C=O) groups is 1. The smallest absolute Gasteiger partial charge is 0.256 e. The molecule has 0 aromatic heterocycles. The van der Waals surface area contributed by atoms with Gasteiger partial charge in [0.1, 0.15) is 5.75 Å². The van der Waals surface area contributed by atoms with Gasteiger partial charge in [0.25, 0.3) is 5.91 Å². The Kier molecular flexibility index (Phi) is 5.64. The zero-order valence-corrected chi connectivity index (χ0v) is 15.1. The van der Waals surface area contributed by atoms with Crippen LogP contribution in [0.3, 0.4) is 0 Å². The lowest BCUT2D eigenvalue weighted by atomic mass is 10.2. The molecule has 126 valence electrons. The molecule has 3 aromatic carbocycles. The van der Waals surface area contributed by atoms with E-state index in [4.69, 9.17) is 16.3 Å². The van der Waals surface area contributed by atoms with Gasteiger partial charge in [-0.3, -0.25) is 4.79 Å². The Morgan fingerprint density at radius 1 is 1.00 bits per heavy atom. The Balaban J connectivity index is 1.89. The van der Waals surface area contributed by atoms with E-state index in [0.717, 1.165) is 4.90 Å². The number of para-hydroxylation sites is 1. The highest BCUT2D eigenvalue weighted by Crippen LogP contribution is 2.33. The van der Waals surface area contributed by atoms with E-state index < -0.39 is 0 Å². The molecule has 1 N–H and O–H groups in total. The lowest BCUT2D eigenvalue weighted by molar-refractivity contribution is 0.102. The molecule has 3 aromatic rings. The van der Waals surface area contributed by atoms with Gasteiger partial charge in [-0.05, 0) is 48.7 Å². The van der Waals surface area contributed by atoms with Crippen LogP contribution in [-0.4, -0.2) is 12.2 Å². The van der Waals surface area contributed by atoms with Crippen molar-refractivity contribution in [3.63, 3.8) is 0 Å². The van der Waals surface area contributed by atoms with Crippen molar-refractivity contribution in [2.24, 2.45) is 0 Å². The molecule has 0 aliphatic rings. The van der Waals surface area contributed by atoms with Crippen molar-refractivity contribution in [2.45, 2.75) is 4.90 Å². The molecule has 0 spiro atoms. The number of halogens is 1. The summed E-state index contributed by atoms with van der Waals surface area (Å²) in [6.07, 6.45) is 1.94. The molecule has 0 saturated heterocycles. The highest BCUT2D eigenvalue weighted by atomic mass is 35.5. The Hall–Kier alpha value is -2.43. The van der Waals surface area contributed by atoms with E-state index in [0.29, 0.717) is 27.8 Å². The average molecular weight is 370 g/mol. The van der Waals surface area contributed by atoms with Gasteiger partial charge in [0.05, 0.1) is 11.3 Å². The van der Waals surface area contributed by atoms with Gasteiger partial charge < -0.3 is 10.1 Å². The molecule has 0 aliphatic carbocycles. The van der Waals surface area contributed by atoms with Crippen LogP contribution in [0, 0.1) is 0 Å². The number of ether oxygens (including phenoxy) is 1. The van der Waals surface area contributed by atoms with Gasteiger partial charge in [0.2, 0.25) is 0 Å². The Morgan fingerprint density at radius 2 is 1.72 bits per heavy atom. The Bertz CT molecular complexity index is 884. The van der Waals surface area contributed by atoms with E-state index in [1.165, 1.54) is 11.8 Å². The van der Waals surface area contributed by atoms with Crippen LogP contribution in [0.25, 0.3) is 0 Å². The fraction of sp³-hybridized carbons (Fsp3) is 0.0500. The van der Waals surface area contributed by atoms with Crippen molar-refractivity contribution in [2.75, 3.05) is 11.6 Å². The molecule has 0 unspecified atom stereocenters. The quantitative estimate of drug-likeness (QED) is 0.551. The monoisotopic (exact) mass is 369 g/mol. The zero-order chi connectivity index (χ0) is 17.6. The first kappa shape index (κ1) is 17.4. The number of hydrogen-bond donors (Lipinski definition) is 1. The van der Waals surface area contributed by atoms with E-state index >= 15 is 0 Å². The molecule has 0 bridgehead atoms. The van der Waals surface area contributed by atoms with Gasteiger partial charge in [-0.1, -0.05) is 41.9 Å². The van der Waals surface area contributed by atoms with E-state index in [1.54, 1.807) is 24.3 Å². The first-order chi connectivity index (χ1) is 12.2. The van der Waals surface area contributed by atoms with E-state index in [1.807, 2.05) is 54.8 Å². The van der Waals surface area contributed by atoms with Crippen molar-refractivity contribution in [3.05, 3.63) is 83.4 Å². The SMILES string of the molecule is CSc1ccccc1C(=O)Nc1cc(Cl)ccc1Oc1ccccc1. The summed E-state index contributed by atoms with van der Waals surface area (Å²) in [5.41, 5.74) is 1.14. The predicted molar refractivity (Wildman–Crippen MR) is 104 cm³/mol. The third-order valence-corrected chi connectivity index (χ3v) is 4.54. The fourth-order valence-corrected chi connectivity index (χ4v) is 3.09. The number of amides is 1. The number of rotatable bonds is 5. The van der Waals surface area contributed by atoms with Crippen molar-refractivity contribution in [1.82, 2.24) is 0 Å². The minimum absolute atomic E-state index is 0.204. The summed E-state index contributed by atoms with van der Waals surface area (Å²) < 4.78 is 5.88. The number of carbonyl (C=O) groups excluding carboxylic acids is 1. The summed E-state index contributed by atoms with van der Waals surface area (Å²) in [5, 5.41) is 3.42. The lowest BCUT2D eigenvalue weighted by Crippen LogP contribution is -2.13. The third-order valence-electron chi connectivity index (χ3n) is 3.51. The maximum absolute atomic E-state index is 12.7. The van der Waals surface area contributed by atoms with Crippen LogP contribution in [0.4, 0.5) is 5.69 Å². The molecule has 0 atom stereocenters. The van der Waals surface area contributed by atoms with Crippen LogP contribution in [-0.2, 0) is 0 Å². The fourth-order valence-electron chi connectivity index (χ4n) is 2.33. The van der Waals surface area contributed by atoms with Gasteiger partial charge >= 0.3 is 0 Å². The van der Waals surface area contributed by atoms with Crippen molar-refractivity contribution >= 4 is 35.0 Å². The maximum atomic E-state index is 12.7. The number of benzene rings is 3. The Labute approximate surface area is 156 Å². The molecule has 0 fully saturated rings. The summed E-state index contributed by atoms with van der Waals surface area (Å²) in [7, 11) is 0. The second-order valence-electron chi connectivity index (χ2n) is 5.21. The first-order valence-corrected chi connectivity index (χ1v) is 9.24. The van der Waals surface area contributed by atoms with Crippen LogP contribution in [0.2, 0.25) is 5.02 Å². The molecule has 0 aliphatic heterocycles. The minimum atomic E-state index is -0.204. The predicted octanol–water partition coefficient (Wildman–Crippen LogP) is 6.11. The van der Waals surface area contributed by atoms with E-state index in [9.17, 15) is 4.79 Å². The van der Waals surface area contributed by atoms with Crippen molar-refractivity contribution in [1.29, 1.82) is 0 Å². The van der Waals surface area contributed by atoms with Gasteiger partial charge in [-0.15, -0.1) is 11.8 Å². The number of thioether (sulfide) groups is 1. The second kappa shape index (κ2) is 8.10. The van der Waals surface area contributed by atoms with Crippen molar-refractivity contribution in [3.8, 4) is 11.5 Å². The summed E-state index contributed by atoms with van der Waals surface area (Å²) >= 11 is 7.62. The molecule has 1 amide bonds. The topological polar surface area (TPSA) is 38.3 Å². The van der Waals surface area contributed by atoms with Crippen LogP contribution < -0.4 is 10.1 Å². The van der Waals surface area contributed by atoms with Crippen LogP contribution in [0.1, 0.15) is 10.4 Å². The Morgan fingerprint density at radius 3 is 2.48 bits per heavy atom. The number of anilines is 1. The van der Waals surface area contributed by atoms with E-state index in [2.05, 4.69) is 5.32 Å². The number of hydrogen-bond acceptors (Lipinski definition) is 3. The molecule has 0 saturated carbocycles. The summed E-state index contributed by atoms with van der Waals surface area (Å²) in [5.74, 6) is 1.01. The summed E-state index contributed by atoms with van der Waals surface area (Å²) in [4.78, 5) is 13.6. The molecule has 25 heavy (non-hydrogen) atoms. The average Bonchev–Trinajstić information content (AvgIpc) is 2.64. The molecular formula is C20H16ClNO2S. The summed E-state index contributed by atoms with van der Waals surface area (Å²) in [6, 6.07) is 22.0. The maximum Gasteiger partial charge on any atom is 0.256 e. The highest BCUT2D eigenvalue weighted by molar-refractivity contribution is 7.98. The molecule has 0 heterocycles. The van der Waals surface area contributed by atoms with Crippen molar-refractivity contribution < 1.29 is 9.53 Å². The third kappa shape index (κ3) is 4.35. The second-order valence-corrected chi connectivity index (χ2v) is 6.49. The molecule has 3 nitrogen and oxygen atoms in total. The van der Waals surface area contributed by atoms with Gasteiger partial charge in [-0.2, -0.15) is 0 Å². The highest BCUT2D eigenvalue weighted by Gasteiger charge is 2.14. The summed E-state index contributed by atoms with van der Waals surface area (Å²) in [6.45, 7) is 0. The van der Waals surface area contributed by atoms with Gasteiger partial charge in [-0.25, -0.2) is 0 Å². The molecular weight excluding hydrogens is 354 g/mol. The molecule has 5 heteroatoms. The van der Waals surface area contributed by atoms with Crippen LogP contribution in [0.15, 0.2) is 77.7 Å². The number of nitrogens with one attached hydrogen (secondary N) is 1. The van der Waals surface area contributed by atoms with Crippen LogP contribution in [0.5, 0.6) is 11.5 Å². The van der Waals surface area contributed by atoms with Crippen LogP contribution >= 0.6 is 23.4 Å². The standard InChI is InChI=1S/C20H16ClNO2S/c1-25-19-10-6-5-9-16(19)20(23)22-17-13-14(21)11-12-18(17)24-15-7-3-2-4-8-15/h2-13H,1H3,(H,22,23).